The van der Waals surface area contributed by atoms with Gasteiger partial charge in [0.05, 0.1) is 0 Å². The molecule has 2 rings (SSSR count). The van der Waals surface area contributed by atoms with E-state index >= 15 is 0 Å². The van der Waals surface area contributed by atoms with Crippen molar-refractivity contribution in [2.75, 3.05) is 5.75 Å². The highest BCUT2D eigenvalue weighted by Gasteiger charge is 2.23. The molecule has 94 valence electrons. The molecule has 0 spiro atoms. The topological polar surface area (TPSA) is 12.0 Å². The standard InChI is InChI=1S/C14H20FNS/c1-10(12-5-3-6-13(15)9-12)16-14-7-4-8-17-11(14)2/h3,5-6,9-11,14,16H,4,7-8H2,1-2H3/t10-,11?,14?/m0/s1. The molecular weight excluding hydrogens is 233 g/mol. The first kappa shape index (κ1) is 12.9. The van der Waals surface area contributed by atoms with Crippen molar-refractivity contribution in [3.8, 4) is 0 Å². The summed E-state index contributed by atoms with van der Waals surface area (Å²) in [6, 6.07) is 7.65. The molecule has 0 amide bonds. The molecule has 0 bridgehead atoms. The van der Waals surface area contributed by atoms with Gasteiger partial charge < -0.3 is 5.32 Å². The molecule has 3 heteroatoms. The van der Waals surface area contributed by atoms with E-state index in [-0.39, 0.29) is 11.9 Å². The molecule has 1 fully saturated rings. The van der Waals surface area contributed by atoms with Crippen molar-refractivity contribution in [3.63, 3.8) is 0 Å². The molecule has 17 heavy (non-hydrogen) atoms. The molecule has 1 aromatic rings. The van der Waals surface area contributed by atoms with Gasteiger partial charge in [0.1, 0.15) is 5.82 Å². The SMILES string of the molecule is CC1SCCCC1N[C@@H](C)c1cccc(F)c1. The molecule has 0 saturated carbocycles. The average Bonchev–Trinajstić information content (AvgIpc) is 2.32. The van der Waals surface area contributed by atoms with Gasteiger partial charge >= 0.3 is 0 Å². The lowest BCUT2D eigenvalue weighted by Crippen LogP contribution is -2.40. The molecule has 1 nitrogen and oxygen atoms in total. The minimum absolute atomic E-state index is 0.151. The zero-order valence-corrected chi connectivity index (χ0v) is 11.3. The van der Waals surface area contributed by atoms with E-state index in [0.717, 1.165) is 5.56 Å². The fraction of sp³-hybridized carbons (Fsp3) is 0.571. The minimum atomic E-state index is -0.151. The maximum atomic E-state index is 13.2. The van der Waals surface area contributed by atoms with Crippen LogP contribution in [0.1, 0.15) is 38.3 Å². The van der Waals surface area contributed by atoms with Crippen molar-refractivity contribution in [2.45, 2.75) is 44.0 Å². The maximum absolute atomic E-state index is 13.2. The number of thioether (sulfide) groups is 1. The first-order valence-electron chi connectivity index (χ1n) is 6.30. The Morgan fingerprint density at radius 1 is 1.47 bits per heavy atom. The van der Waals surface area contributed by atoms with Crippen molar-refractivity contribution < 1.29 is 4.39 Å². The first-order chi connectivity index (χ1) is 8.16. The van der Waals surface area contributed by atoms with Gasteiger partial charge in [-0.1, -0.05) is 19.1 Å². The summed E-state index contributed by atoms with van der Waals surface area (Å²) < 4.78 is 13.2. The fourth-order valence-corrected chi connectivity index (χ4v) is 3.49. The van der Waals surface area contributed by atoms with Crippen molar-refractivity contribution in [1.82, 2.24) is 5.32 Å². The number of halogens is 1. The third-order valence-electron chi connectivity index (χ3n) is 3.42. The predicted octanol–water partition coefficient (Wildman–Crippen LogP) is 3.76. The average molecular weight is 253 g/mol. The van der Waals surface area contributed by atoms with Gasteiger partial charge in [0, 0.05) is 17.3 Å². The second-order valence-electron chi connectivity index (χ2n) is 4.77. The summed E-state index contributed by atoms with van der Waals surface area (Å²) in [4.78, 5) is 0. The van der Waals surface area contributed by atoms with E-state index in [4.69, 9.17) is 0 Å². The molecule has 1 saturated heterocycles. The quantitative estimate of drug-likeness (QED) is 0.880. The molecule has 0 aliphatic carbocycles. The zero-order valence-electron chi connectivity index (χ0n) is 10.4. The summed E-state index contributed by atoms with van der Waals surface area (Å²) in [5.41, 5.74) is 1.03. The Kier molecular flexibility index (Phi) is 4.46. The second kappa shape index (κ2) is 5.87. The lowest BCUT2D eigenvalue weighted by Gasteiger charge is -2.32. The van der Waals surface area contributed by atoms with Gasteiger partial charge in [-0.3, -0.25) is 0 Å². The third-order valence-corrected chi connectivity index (χ3v) is 4.80. The van der Waals surface area contributed by atoms with Gasteiger partial charge in [0.2, 0.25) is 0 Å². The monoisotopic (exact) mass is 253 g/mol. The third kappa shape index (κ3) is 3.46. The Morgan fingerprint density at radius 2 is 2.29 bits per heavy atom. The van der Waals surface area contributed by atoms with Gasteiger partial charge in [-0.2, -0.15) is 11.8 Å². The van der Waals surface area contributed by atoms with E-state index in [0.29, 0.717) is 11.3 Å². The van der Waals surface area contributed by atoms with Crippen LogP contribution in [0.2, 0.25) is 0 Å². The summed E-state index contributed by atoms with van der Waals surface area (Å²) in [7, 11) is 0. The summed E-state index contributed by atoms with van der Waals surface area (Å²) >= 11 is 2.03. The Bertz CT molecular complexity index is 369. The largest absolute Gasteiger partial charge is 0.306 e. The summed E-state index contributed by atoms with van der Waals surface area (Å²) in [6.07, 6.45) is 2.51. The van der Waals surface area contributed by atoms with E-state index in [1.807, 2.05) is 17.8 Å². The molecule has 1 aliphatic rings. The summed E-state index contributed by atoms with van der Waals surface area (Å²) in [6.45, 7) is 4.39. The second-order valence-corrected chi connectivity index (χ2v) is 6.25. The smallest absolute Gasteiger partial charge is 0.123 e. The van der Waals surface area contributed by atoms with Crippen LogP contribution in [0.4, 0.5) is 4.39 Å². The predicted molar refractivity (Wildman–Crippen MR) is 72.9 cm³/mol. The van der Waals surface area contributed by atoms with Gasteiger partial charge in [-0.25, -0.2) is 4.39 Å². The van der Waals surface area contributed by atoms with Crippen LogP contribution in [0.25, 0.3) is 0 Å². The molecule has 0 radical (unpaired) electrons. The maximum Gasteiger partial charge on any atom is 0.123 e. The Balaban J connectivity index is 1.98. The van der Waals surface area contributed by atoms with Crippen molar-refractivity contribution in [1.29, 1.82) is 0 Å². The molecule has 1 aromatic carbocycles. The van der Waals surface area contributed by atoms with Crippen LogP contribution in [0.15, 0.2) is 24.3 Å². The number of nitrogens with one attached hydrogen (secondary N) is 1. The minimum Gasteiger partial charge on any atom is -0.306 e. The Hall–Kier alpha value is -0.540. The molecule has 0 aromatic heterocycles. The van der Waals surface area contributed by atoms with E-state index in [1.54, 1.807) is 12.1 Å². The zero-order chi connectivity index (χ0) is 12.3. The molecular formula is C14H20FNS. The van der Waals surface area contributed by atoms with Crippen LogP contribution in [0.3, 0.4) is 0 Å². The Morgan fingerprint density at radius 3 is 3.00 bits per heavy atom. The van der Waals surface area contributed by atoms with E-state index in [9.17, 15) is 4.39 Å². The molecule has 1 N–H and O–H groups in total. The molecule has 1 aliphatic heterocycles. The number of hydrogen-bond donors (Lipinski definition) is 1. The highest BCUT2D eigenvalue weighted by molar-refractivity contribution is 7.99. The van der Waals surface area contributed by atoms with Crippen LogP contribution in [0.5, 0.6) is 0 Å². The first-order valence-corrected chi connectivity index (χ1v) is 7.35. The van der Waals surface area contributed by atoms with E-state index in [2.05, 4.69) is 19.2 Å². The number of hydrogen-bond acceptors (Lipinski definition) is 2. The fourth-order valence-electron chi connectivity index (χ4n) is 2.34. The highest BCUT2D eigenvalue weighted by atomic mass is 32.2. The number of rotatable bonds is 3. The van der Waals surface area contributed by atoms with Crippen molar-refractivity contribution in [2.24, 2.45) is 0 Å². The van der Waals surface area contributed by atoms with Gasteiger partial charge in [-0.05, 0) is 43.2 Å². The molecule has 2 unspecified atom stereocenters. The summed E-state index contributed by atoms with van der Waals surface area (Å²) in [5.74, 6) is 1.12. The van der Waals surface area contributed by atoms with Crippen molar-refractivity contribution >= 4 is 11.8 Å². The van der Waals surface area contributed by atoms with Crippen LogP contribution >= 0.6 is 11.8 Å². The van der Waals surface area contributed by atoms with Crippen molar-refractivity contribution in [3.05, 3.63) is 35.6 Å². The van der Waals surface area contributed by atoms with Crippen LogP contribution in [-0.4, -0.2) is 17.0 Å². The van der Waals surface area contributed by atoms with E-state index < -0.39 is 0 Å². The highest BCUT2D eigenvalue weighted by Crippen LogP contribution is 2.27. The number of benzene rings is 1. The van der Waals surface area contributed by atoms with Crippen LogP contribution in [0, 0.1) is 5.82 Å². The summed E-state index contributed by atoms with van der Waals surface area (Å²) in [5, 5.41) is 4.28. The normalized spacial score (nSPS) is 26.8. The van der Waals surface area contributed by atoms with Gasteiger partial charge in [0.25, 0.3) is 0 Å². The van der Waals surface area contributed by atoms with Gasteiger partial charge in [0.15, 0.2) is 0 Å². The van der Waals surface area contributed by atoms with E-state index in [1.165, 1.54) is 24.7 Å². The lowest BCUT2D eigenvalue weighted by atomic mass is 10.0. The Labute approximate surface area is 107 Å². The lowest BCUT2D eigenvalue weighted by molar-refractivity contribution is 0.416. The van der Waals surface area contributed by atoms with Crippen LogP contribution < -0.4 is 5.32 Å². The van der Waals surface area contributed by atoms with Crippen LogP contribution in [-0.2, 0) is 0 Å². The molecule has 1 heterocycles. The molecule has 3 atom stereocenters. The van der Waals surface area contributed by atoms with Gasteiger partial charge in [-0.15, -0.1) is 0 Å².